The molecule has 596 valence electrons. The second-order valence-corrected chi connectivity index (χ2v) is 32.4. The van der Waals surface area contributed by atoms with Gasteiger partial charge in [-0.3, -0.25) is 33.6 Å². The standard InChI is InChI=1S/C25H20F2N2O3.C21H28N2O5.C17H23NO3.C13H23NO4.C8H6INO.ClH/c26-20-10-8-17(12-21(20)27)15-29-11-3-5-19(25(29)32)23(30)6-2-1-4-16-7-9-18-14-24(31)28-22(18)13-16;1-20(2,3)27-18(25)23(19(26)28-21(4,5)6)11-7-8-14-9-10-15-13-17(24)22-16(15)12-14;1-17(2,3)21-16(20)7-5-4-6-12-8-9-13-11-15(19)18-14(13)10-12;1-8-9-14(10(15)17-12(2,3)4)11(16)18-13(5,6)7;9-6-2-1-5-3-8(11)10-7(5)4-6;/h1,3-5,7-13H,2,6,14-15H2,(H,28,31);7-10,12H,11,13H2,1-6H3,(H,22,24);8-10H,4-7,11H2,1-3H3,(H,18,19);8H,1,9H2,2-7H3;1-2,4H,3H2,(H,10,11);1H/b4-1+;8-7+;;;;. The number of fused-ring (bicyclic) bond motifs is 4. The molecule has 5 aromatic carbocycles. The summed E-state index contributed by atoms with van der Waals surface area (Å²) in [5.41, 5.74) is 7.32. The van der Waals surface area contributed by atoms with Crippen molar-refractivity contribution >= 4 is 130 Å². The monoisotopic (exact) mass is 1660 g/mol. The van der Waals surface area contributed by atoms with Gasteiger partial charge in [0.25, 0.3) is 5.56 Å². The molecule has 5 heterocycles. The Kier molecular flexibility index (Phi) is 33.3. The van der Waals surface area contributed by atoms with Gasteiger partial charge in [-0.05, 0) is 251 Å². The lowest BCUT2D eigenvalue weighted by molar-refractivity contribution is -0.155. The minimum atomic E-state index is -0.986. The van der Waals surface area contributed by atoms with Gasteiger partial charge in [-0.2, -0.15) is 0 Å². The van der Waals surface area contributed by atoms with E-state index in [0.29, 0.717) is 44.1 Å². The number of Topliss-reactive ketones (excluding diaryl/α,β-unsaturated/α-hetero) is 1. The van der Waals surface area contributed by atoms with Crippen LogP contribution >= 0.6 is 35.0 Å². The average molecular weight is 1670 g/mol. The third kappa shape index (κ3) is 31.9. The van der Waals surface area contributed by atoms with Gasteiger partial charge in [-0.1, -0.05) is 78.9 Å². The van der Waals surface area contributed by atoms with E-state index in [-0.39, 0.29) is 79.4 Å². The van der Waals surface area contributed by atoms with Crippen molar-refractivity contribution in [2.75, 3.05) is 34.4 Å². The predicted molar refractivity (Wildman–Crippen MR) is 435 cm³/mol. The van der Waals surface area contributed by atoms with Crippen LogP contribution in [0.5, 0.6) is 0 Å². The summed E-state index contributed by atoms with van der Waals surface area (Å²) in [7, 11) is 0. The fourth-order valence-corrected chi connectivity index (χ4v) is 11.2. The Labute approximate surface area is 667 Å². The molecule has 23 nitrogen and oxygen atoms in total. The quantitative estimate of drug-likeness (QED) is 0.0165. The summed E-state index contributed by atoms with van der Waals surface area (Å²) < 4.78 is 55.1. The summed E-state index contributed by atoms with van der Waals surface area (Å²) in [6.07, 6.45) is 12.6. The molecule has 0 aliphatic carbocycles. The molecule has 4 aliphatic heterocycles. The van der Waals surface area contributed by atoms with Crippen LogP contribution in [0.4, 0.5) is 50.7 Å². The molecule has 0 atom stereocenters. The molecular weight excluding hydrogens is 1560 g/mol. The Bertz CT molecular complexity index is 4480. The first-order valence-corrected chi connectivity index (χ1v) is 37.0. The third-order valence-corrected chi connectivity index (χ3v) is 16.1. The molecule has 8 amide bonds. The number of imide groups is 2. The van der Waals surface area contributed by atoms with Crippen LogP contribution in [0, 0.1) is 15.2 Å². The molecule has 0 spiro atoms. The Morgan fingerprint density at radius 1 is 0.486 bits per heavy atom. The van der Waals surface area contributed by atoms with E-state index in [1.54, 1.807) is 101 Å². The van der Waals surface area contributed by atoms with Crippen LogP contribution < -0.4 is 26.8 Å². The maximum absolute atomic E-state index is 13.4. The Balaban J connectivity index is 0.000000257. The molecule has 4 N–H and O–H groups in total. The van der Waals surface area contributed by atoms with E-state index < -0.39 is 69.6 Å². The maximum atomic E-state index is 13.4. The van der Waals surface area contributed by atoms with Crippen molar-refractivity contribution in [3.8, 4) is 0 Å². The Morgan fingerprint density at radius 2 is 0.901 bits per heavy atom. The number of nitrogens with one attached hydrogen (secondary N) is 4. The number of aromatic nitrogens is 1. The number of esters is 1. The minimum Gasteiger partial charge on any atom is -0.460 e. The molecule has 0 radical (unpaired) electrons. The van der Waals surface area contributed by atoms with Crippen LogP contribution in [0.25, 0.3) is 12.2 Å². The fourth-order valence-electron chi connectivity index (χ4n) is 10.7. The molecule has 6 aromatic rings. The van der Waals surface area contributed by atoms with Gasteiger partial charge in [0.05, 0.1) is 50.9 Å². The lowest BCUT2D eigenvalue weighted by atomic mass is 10.0. The van der Waals surface area contributed by atoms with E-state index in [4.69, 9.17) is 23.7 Å². The zero-order valence-electron chi connectivity index (χ0n) is 65.6. The number of hydrogen-bond acceptors (Lipinski definition) is 16. The summed E-state index contributed by atoms with van der Waals surface area (Å²) in [4.78, 5) is 132. The molecule has 0 unspecified atom stereocenters. The second-order valence-electron chi connectivity index (χ2n) is 31.1. The second kappa shape index (κ2) is 40.5. The van der Waals surface area contributed by atoms with E-state index in [1.807, 2.05) is 99.7 Å². The van der Waals surface area contributed by atoms with Crippen molar-refractivity contribution < 1.29 is 80.4 Å². The molecule has 0 bridgehead atoms. The highest BCUT2D eigenvalue weighted by molar-refractivity contribution is 14.1. The summed E-state index contributed by atoms with van der Waals surface area (Å²) in [5, 5.41) is 11.2. The number of allylic oxidation sites excluding steroid dienone is 1. The van der Waals surface area contributed by atoms with Gasteiger partial charge < -0.3 is 49.5 Å². The van der Waals surface area contributed by atoms with Crippen molar-refractivity contribution in [1.82, 2.24) is 14.4 Å². The highest BCUT2D eigenvalue weighted by Crippen LogP contribution is 2.29. The summed E-state index contributed by atoms with van der Waals surface area (Å²) in [5.74, 6) is -2.26. The zero-order chi connectivity index (χ0) is 81.6. The number of benzene rings is 5. The number of aryl methyl sites for hydroxylation is 1. The Morgan fingerprint density at radius 3 is 1.35 bits per heavy atom. The lowest BCUT2D eigenvalue weighted by Gasteiger charge is -2.28. The minimum absolute atomic E-state index is 0. The number of carbonyl (C=O) groups is 10. The van der Waals surface area contributed by atoms with Gasteiger partial charge in [-0.25, -0.2) is 37.8 Å². The van der Waals surface area contributed by atoms with Crippen LogP contribution in [-0.4, -0.2) is 115 Å². The molecule has 0 saturated carbocycles. The molecule has 0 saturated heterocycles. The molecule has 10 rings (SSSR count). The fraction of sp³-hybridized carbons (Fsp3) is 0.393. The number of amides is 8. The summed E-state index contributed by atoms with van der Waals surface area (Å²) >= 11 is 2.23. The number of hydrogen-bond donors (Lipinski definition) is 4. The largest absolute Gasteiger partial charge is 0.460 e. The van der Waals surface area contributed by atoms with Crippen molar-refractivity contribution in [2.24, 2.45) is 0 Å². The van der Waals surface area contributed by atoms with Gasteiger partial charge >= 0.3 is 30.3 Å². The Hall–Kier alpha value is -10.4. The van der Waals surface area contributed by atoms with Crippen molar-refractivity contribution in [3.63, 3.8) is 0 Å². The third-order valence-electron chi connectivity index (χ3n) is 15.4. The van der Waals surface area contributed by atoms with Gasteiger partial charge in [0, 0.05) is 45.4 Å². The molecule has 0 fully saturated rings. The number of rotatable bonds is 17. The van der Waals surface area contributed by atoms with Crippen molar-refractivity contribution in [2.45, 2.75) is 203 Å². The number of anilines is 4. The zero-order valence-corrected chi connectivity index (χ0v) is 68.6. The van der Waals surface area contributed by atoms with Crippen LogP contribution in [0.1, 0.15) is 191 Å². The SMILES string of the molecule is C=CCN(C(=O)OC(C)(C)C)C(=O)OC(C)(C)C.CC(C)(C)OC(=O)CCCCc1ccc2c(c1)NC(=O)C2.CC(C)(C)OC(=O)N(C/C=C/c1ccc2c(c1)NC(=O)C2)C(=O)OC(C)(C)C.Cl.O=C1Cc2ccc(/C=C/CCC(=O)c3cccn(Cc4ccc(F)c(F)c4)c3=O)cc2N1.O=C1Cc2ccc(I)cc2N1. The summed E-state index contributed by atoms with van der Waals surface area (Å²) in [6.45, 7) is 30.0. The average Bonchev–Trinajstić information content (AvgIpc) is 0.947. The number of ether oxygens (including phenoxy) is 5. The van der Waals surface area contributed by atoms with Crippen molar-refractivity contribution in [3.05, 3.63) is 210 Å². The number of nitrogens with zero attached hydrogens (tertiary/aromatic N) is 3. The highest BCUT2D eigenvalue weighted by Gasteiger charge is 2.33. The van der Waals surface area contributed by atoms with E-state index >= 15 is 0 Å². The van der Waals surface area contributed by atoms with Crippen LogP contribution in [-0.2, 0) is 86.3 Å². The highest BCUT2D eigenvalue weighted by atomic mass is 127. The van der Waals surface area contributed by atoms with Gasteiger partial charge in [-0.15, -0.1) is 19.0 Å². The van der Waals surface area contributed by atoms with Gasteiger partial charge in [0.15, 0.2) is 17.4 Å². The van der Waals surface area contributed by atoms with Crippen LogP contribution in [0.3, 0.4) is 0 Å². The predicted octanol–water partition coefficient (Wildman–Crippen LogP) is 17.5. The van der Waals surface area contributed by atoms with Crippen LogP contribution in [0.2, 0.25) is 0 Å². The smallest absolute Gasteiger partial charge is 0.420 e. The molecule has 4 aliphatic rings. The topological polar surface area (TPSA) is 293 Å². The molecule has 1 aromatic heterocycles. The first-order valence-electron chi connectivity index (χ1n) is 35.9. The van der Waals surface area contributed by atoms with E-state index in [9.17, 15) is 61.5 Å². The van der Waals surface area contributed by atoms with Crippen molar-refractivity contribution in [1.29, 1.82) is 0 Å². The van der Waals surface area contributed by atoms with E-state index in [2.05, 4.69) is 56.5 Å². The molecule has 111 heavy (non-hydrogen) atoms. The van der Waals surface area contributed by atoms with E-state index in [0.717, 1.165) is 101 Å². The van der Waals surface area contributed by atoms with Crippen LogP contribution in [0.15, 0.2) is 139 Å². The van der Waals surface area contributed by atoms with Gasteiger partial charge in [0.2, 0.25) is 23.6 Å². The van der Waals surface area contributed by atoms with Gasteiger partial charge in [0.1, 0.15) is 28.0 Å². The van der Waals surface area contributed by atoms with E-state index in [1.165, 1.54) is 34.5 Å². The number of halogens is 4. The first kappa shape index (κ1) is 91.3. The number of ketones is 1. The number of pyridine rings is 1. The normalized spacial score (nSPS) is 13.1. The lowest BCUT2D eigenvalue weighted by Crippen LogP contribution is -2.43. The first-order chi connectivity index (χ1) is 51.3. The number of unbranched alkanes of at least 4 members (excludes halogenated alkanes) is 1. The summed E-state index contributed by atoms with van der Waals surface area (Å²) in [6, 6.07) is 29.9. The molecular formula is C84H101ClF2IN7O16. The number of carbonyl (C=O) groups excluding carboxylic acids is 10. The maximum Gasteiger partial charge on any atom is 0.420 e. The molecule has 27 heteroatoms.